The van der Waals surface area contributed by atoms with E-state index >= 15 is 0 Å². The van der Waals surface area contributed by atoms with Gasteiger partial charge in [0.2, 0.25) is 5.91 Å². The molecular weight excluding hydrogens is 321 g/mol. The highest BCUT2D eigenvalue weighted by Gasteiger charge is 2.25. The van der Waals surface area contributed by atoms with Crippen LogP contribution in [0.15, 0.2) is 48.5 Å². The third kappa shape index (κ3) is 4.26. The Morgan fingerprint density at radius 3 is 2.40 bits per heavy atom. The molecule has 1 aromatic heterocycles. The quantitative estimate of drug-likeness (QED) is 0.723. The number of nitrogens with one attached hydrogen (secondary N) is 2. The van der Waals surface area contributed by atoms with Crippen LogP contribution in [0.1, 0.15) is 29.8 Å². The Morgan fingerprint density at radius 2 is 1.80 bits per heavy atom. The molecule has 25 heavy (non-hydrogen) atoms. The van der Waals surface area contributed by atoms with E-state index in [0.717, 1.165) is 12.0 Å². The van der Waals surface area contributed by atoms with Crippen molar-refractivity contribution in [2.45, 2.75) is 25.7 Å². The van der Waals surface area contributed by atoms with Crippen molar-refractivity contribution in [3.05, 3.63) is 71.3 Å². The largest absolute Gasteiger partial charge is 0.325 e. The average Bonchev–Trinajstić information content (AvgIpc) is 3.16. The van der Waals surface area contributed by atoms with Gasteiger partial charge in [0.1, 0.15) is 11.7 Å². The highest BCUT2D eigenvalue weighted by Crippen LogP contribution is 2.20. The Balaban J connectivity index is 1.79. The van der Waals surface area contributed by atoms with Gasteiger partial charge < -0.3 is 5.32 Å². The molecule has 0 saturated heterocycles. The molecule has 128 valence electrons. The van der Waals surface area contributed by atoms with Crippen LogP contribution in [0.2, 0.25) is 0 Å². The van der Waals surface area contributed by atoms with Crippen LogP contribution in [-0.4, -0.2) is 26.5 Å². The number of benzene rings is 2. The molecule has 7 heteroatoms. The topological polar surface area (TPSA) is 83.6 Å². The Morgan fingerprint density at radius 1 is 1.12 bits per heavy atom. The predicted octanol–water partition coefficient (Wildman–Crippen LogP) is 2.87. The van der Waals surface area contributed by atoms with Gasteiger partial charge in [-0.3, -0.25) is 4.79 Å². The molecule has 1 atom stereocenters. The minimum atomic E-state index is -0.601. The molecule has 3 aromatic rings. The van der Waals surface area contributed by atoms with Crippen molar-refractivity contribution in [3.8, 4) is 0 Å². The smallest absolute Gasteiger partial charge is 0.235 e. The van der Waals surface area contributed by atoms with E-state index in [1.165, 1.54) is 29.8 Å². The molecular formula is C18H18FN5O. The van der Waals surface area contributed by atoms with Gasteiger partial charge >= 0.3 is 0 Å². The van der Waals surface area contributed by atoms with Crippen LogP contribution in [0.4, 0.5) is 10.1 Å². The summed E-state index contributed by atoms with van der Waals surface area (Å²) in [7, 11) is 0. The lowest BCUT2D eigenvalue weighted by atomic mass is 9.96. The second kappa shape index (κ2) is 7.65. The SMILES string of the molecule is CCc1ccc(C[C@H](C(=O)Nc2ccc(F)cc2)c2nn[nH]n2)cc1. The standard InChI is InChI=1S/C18H18FN5O/c1-2-12-3-5-13(6-4-12)11-16(17-21-23-24-22-17)18(25)20-15-9-7-14(19)8-10-15/h3-10,16H,2,11H2,1H3,(H,20,25)(H,21,22,23,24)/t16-/m0/s1. The number of amides is 1. The maximum Gasteiger partial charge on any atom is 0.235 e. The molecule has 3 rings (SSSR count). The molecule has 6 nitrogen and oxygen atoms in total. The van der Waals surface area contributed by atoms with Gasteiger partial charge in [0.25, 0.3) is 0 Å². The van der Waals surface area contributed by atoms with Gasteiger partial charge in [0, 0.05) is 5.69 Å². The molecule has 0 aliphatic rings. The van der Waals surface area contributed by atoms with Gasteiger partial charge in [-0.15, -0.1) is 10.2 Å². The summed E-state index contributed by atoms with van der Waals surface area (Å²) in [4.78, 5) is 12.7. The summed E-state index contributed by atoms with van der Waals surface area (Å²) in [6.07, 6.45) is 1.40. The van der Waals surface area contributed by atoms with E-state index in [0.29, 0.717) is 17.9 Å². The Labute approximate surface area is 144 Å². The lowest BCUT2D eigenvalue weighted by Crippen LogP contribution is -2.24. The van der Waals surface area contributed by atoms with E-state index in [-0.39, 0.29) is 11.7 Å². The zero-order valence-electron chi connectivity index (χ0n) is 13.7. The first kappa shape index (κ1) is 16.8. The minimum absolute atomic E-state index is 0.271. The molecule has 0 unspecified atom stereocenters. The van der Waals surface area contributed by atoms with Crippen LogP contribution >= 0.6 is 0 Å². The van der Waals surface area contributed by atoms with E-state index in [1.807, 2.05) is 24.3 Å². The van der Waals surface area contributed by atoms with Crippen LogP contribution in [-0.2, 0) is 17.6 Å². The second-order valence-electron chi connectivity index (χ2n) is 5.69. The van der Waals surface area contributed by atoms with Gasteiger partial charge in [0.15, 0.2) is 5.82 Å². The normalized spacial score (nSPS) is 11.9. The summed E-state index contributed by atoms with van der Waals surface area (Å²) in [5, 5.41) is 16.6. The first-order valence-corrected chi connectivity index (χ1v) is 8.03. The monoisotopic (exact) mass is 339 g/mol. The highest BCUT2D eigenvalue weighted by atomic mass is 19.1. The number of carbonyl (C=O) groups excluding carboxylic acids is 1. The summed E-state index contributed by atoms with van der Waals surface area (Å²) >= 11 is 0. The average molecular weight is 339 g/mol. The molecule has 0 saturated carbocycles. The van der Waals surface area contributed by atoms with Gasteiger partial charge in [-0.25, -0.2) is 4.39 Å². The number of hydrogen-bond acceptors (Lipinski definition) is 4. The van der Waals surface area contributed by atoms with Crippen molar-refractivity contribution >= 4 is 11.6 Å². The van der Waals surface area contributed by atoms with Crippen molar-refractivity contribution in [2.24, 2.45) is 0 Å². The maximum absolute atomic E-state index is 13.0. The molecule has 2 aromatic carbocycles. The molecule has 0 fully saturated rings. The molecule has 0 spiro atoms. The number of aromatic amines is 1. The number of nitrogens with zero attached hydrogens (tertiary/aromatic N) is 3. The van der Waals surface area contributed by atoms with Crippen molar-refractivity contribution in [2.75, 3.05) is 5.32 Å². The molecule has 0 radical (unpaired) electrons. The molecule has 1 heterocycles. The van der Waals surface area contributed by atoms with Crippen molar-refractivity contribution in [3.63, 3.8) is 0 Å². The van der Waals surface area contributed by atoms with E-state index in [2.05, 4.69) is 32.9 Å². The Kier molecular flexibility index (Phi) is 5.13. The third-order valence-electron chi connectivity index (χ3n) is 3.97. The summed E-state index contributed by atoms with van der Waals surface area (Å²) in [5.41, 5.74) is 2.75. The predicted molar refractivity (Wildman–Crippen MR) is 91.5 cm³/mol. The Bertz CT molecular complexity index is 816. The number of H-pyrrole nitrogens is 1. The molecule has 0 aliphatic heterocycles. The first-order valence-electron chi connectivity index (χ1n) is 8.03. The summed E-state index contributed by atoms with van der Waals surface area (Å²) in [6.45, 7) is 2.09. The van der Waals surface area contributed by atoms with Crippen LogP contribution in [0.5, 0.6) is 0 Å². The fraction of sp³-hybridized carbons (Fsp3) is 0.222. The lowest BCUT2D eigenvalue weighted by Gasteiger charge is -2.14. The van der Waals surface area contributed by atoms with Gasteiger partial charge in [-0.1, -0.05) is 36.4 Å². The fourth-order valence-corrected chi connectivity index (χ4v) is 2.53. The molecule has 1 amide bonds. The van der Waals surface area contributed by atoms with E-state index in [9.17, 15) is 9.18 Å². The summed E-state index contributed by atoms with van der Waals surface area (Å²) < 4.78 is 13.0. The first-order chi connectivity index (χ1) is 12.2. The summed E-state index contributed by atoms with van der Waals surface area (Å²) in [6, 6.07) is 13.7. The lowest BCUT2D eigenvalue weighted by molar-refractivity contribution is -0.117. The molecule has 0 aliphatic carbocycles. The number of tetrazole rings is 1. The highest BCUT2D eigenvalue weighted by molar-refractivity contribution is 5.95. The number of rotatable bonds is 6. The van der Waals surface area contributed by atoms with Crippen LogP contribution in [0, 0.1) is 5.82 Å². The maximum atomic E-state index is 13.0. The minimum Gasteiger partial charge on any atom is -0.325 e. The zero-order valence-corrected chi connectivity index (χ0v) is 13.7. The number of anilines is 1. The van der Waals surface area contributed by atoms with Crippen molar-refractivity contribution in [1.82, 2.24) is 20.6 Å². The molecule has 0 bridgehead atoms. The van der Waals surface area contributed by atoms with E-state index in [1.54, 1.807) is 0 Å². The number of halogens is 1. The van der Waals surface area contributed by atoms with E-state index < -0.39 is 5.92 Å². The van der Waals surface area contributed by atoms with Crippen LogP contribution < -0.4 is 5.32 Å². The number of carbonyl (C=O) groups is 1. The number of aromatic nitrogens is 4. The van der Waals surface area contributed by atoms with Crippen molar-refractivity contribution < 1.29 is 9.18 Å². The van der Waals surface area contributed by atoms with Crippen LogP contribution in [0.3, 0.4) is 0 Å². The van der Waals surface area contributed by atoms with Gasteiger partial charge in [-0.05, 0) is 48.2 Å². The summed E-state index contributed by atoms with van der Waals surface area (Å²) in [5.74, 6) is -0.910. The third-order valence-corrected chi connectivity index (χ3v) is 3.97. The van der Waals surface area contributed by atoms with E-state index in [4.69, 9.17) is 0 Å². The van der Waals surface area contributed by atoms with Gasteiger partial charge in [0.05, 0.1) is 0 Å². The Hall–Kier alpha value is -3.09. The fourth-order valence-electron chi connectivity index (χ4n) is 2.53. The molecule has 2 N–H and O–H groups in total. The van der Waals surface area contributed by atoms with Gasteiger partial charge in [-0.2, -0.15) is 5.21 Å². The number of aryl methyl sites for hydroxylation is 1. The van der Waals surface area contributed by atoms with Crippen LogP contribution in [0.25, 0.3) is 0 Å². The van der Waals surface area contributed by atoms with Crippen molar-refractivity contribution in [1.29, 1.82) is 0 Å². The number of hydrogen-bond donors (Lipinski definition) is 2. The zero-order chi connectivity index (χ0) is 17.6. The second-order valence-corrected chi connectivity index (χ2v) is 5.69.